The van der Waals surface area contributed by atoms with Crippen LogP contribution in [0.5, 0.6) is 5.88 Å². The van der Waals surface area contributed by atoms with E-state index in [1.54, 1.807) is 36.9 Å². The lowest BCUT2D eigenvalue weighted by Gasteiger charge is -2.35. The Morgan fingerprint density at radius 1 is 1.21 bits per heavy atom. The molecule has 2 aliphatic rings. The fourth-order valence-corrected chi connectivity index (χ4v) is 6.85. The van der Waals surface area contributed by atoms with Gasteiger partial charge in [-0.05, 0) is 64.8 Å². The zero-order valence-corrected chi connectivity index (χ0v) is 23.7. The van der Waals surface area contributed by atoms with Gasteiger partial charge in [-0.25, -0.2) is 18.4 Å². The van der Waals surface area contributed by atoms with Crippen LogP contribution in [0.25, 0.3) is 10.6 Å². The molecule has 0 bridgehead atoms. The van der Waals surface area contributed by atoms with E-state index in [-0.39, 0.29) is 17.2 Å². The Morgan fingerprint density at radius 3 is 2.82 bits per heavy atom. The summed E-state index contributed by atoms with van der Waals surface area (Å²) >= 11 is 1.22. The van der Waals surface area contributed by atoms with Gasteiger partial charge in [-0.15, -0.1) is 11.3 Å². The SMILES string of the molecule is CCOc1cncc(-c2cnc(C(=O)N[C@@H](C[C@@H]3CCCCN3C)c3cc(NS(=O)(=O)C4CC4)ccn3)s2)n1. The molecule has 1 aliphatic heterocycles. The van der Waals surface area contributed by atoms with Gasteiger partial charge in [0, 0.05) is 18.4 Å². The second kappa shape index (κ2) is 11.9. The molecule has 1 saturated carbocycles. The van der Waals surface area contributed by atoms with Crippen LogP contribution in [-0.2, 0) is 10.0 Å². The van der Waals surface area contributed by atoms with Gasteiger partial charge in [0.2, 0.25) is 15.9 Å². The van der Waals surface area contributed by atoms with Crippen LogP contribution in [0.4, 0.5) is 5.69 Å². The number of rotatable bonds is 11. The van der Waals surface area contributed by atoms with E-state index in [4.69, 9.17) is 4.74 Å². The summed E-state index contributed by atoms with van der Waals surface area (Å²) in [6.07, 6.45) is 11.6. The maximum Gasteiger partial charge on any atom is 0.280 e. The van der Waals surface area contributed by atoms with Crippen molar-refractivity contribution in [3.05, 3.63) is 47.6 Å². The molecule has 0 spiro atoms. The number of nitrogens with one attached hydrogen (secondary N) is 2. The van der Waals surface area contributed by atoms with Crippen molar-refractivity contribution in [2.24, 2.45) is 0 Å². The zero-order chi connectivity index (χ0) is 27.4. The van der Waals surface area contributed by atoms with Gasteiger partial charge in [0.1, 0.15) is 5.69 Å². The summed E-state index contributed by atoms with van der Waals surface area (Å²) in [5, 5.41) is 3.08. The number of nitrogens with zero attached hydrogens (tertiary/aromatic N) is 5. The number of piperidine rings is 1. The van der Waals surface area contributed by atoms with Crippen molar-refractivity contribution in [3.63, 3.8) is 0 Å². The van der Waals surface area contributed by atoms with E-state index in [0.717, 1.165) is 25.8 Å². The van der Waals surface area contributed by atoms with Crippen molar-refractivity contribution in [1.29, 1.82) is 0 Å². The van der Waals surface area contributed by atoms with Crippen molar-refractivity contribution < 1.29 is 17.9 Å². The number of ether oxygens (including phenoxy) is 1. The third kappa shape index (κ3) is 6.89. The summed E-state index contributed by atoms with van der Waals surface area (Å²) < 4.78 is 33.1. The molecule has 208 valence electrons. The number of pyridine rings is 1. The van der Waals surface area contributed by atoms with Gasteiger partial charge in [-0.3, -0.25) is 19.5 Å². The molecule has 1 aliphatic carbocycles. The Bertz CT molecular complexity index is 1410. The number of carbonyl (C=O) groups excluding carboxylic acids is 1. The van der Waals surface area contributed by atoms with E-state index in [1.807, 2.05) is 6.92 Å². The average Bonchev–Trinajstić information content (AvgIpc) is 3.68. The summed E-state index contributed by atoms with van der Waals surface area (Å²) in [4.78, 5) is 33.9. The fourth-order valence-electron chi connectivity index (χ4n) is 4.70. The van der Waals surface area contributed by atoms with Crippen LogP contribution in [0.15, 0.2) is 36.9 Å². The molecule has 3 aromatic heterocycles. The smallest absolute Gasteiger partial charge is 0.280 e. The second-order valence-electron chi connectivity index (χ2n) is 9.91. The van der Waals surface area contributed by atoms with E-state index in [1.165, 1.54) is 11.3 Å². The lowest BCUT2D eigenvalue weighted by atomic mass is 9.94. The van der Waals surface area contributed by atoms with E-state index in [0.29, 0.717) is 58.7 Å². The highest BCUT2D eigenvalue weighted by Crippen LogP contribution is 2.32. The van der Waals surface area contributed by atoms with Gasteiger partial charge in [-0.1, -0.05) is 6.42 Å². The molecule has 0 radical (unpaired) electrons. The Kier molecular flexibility index (Phi) is 8.38. The standard InChI is InChI=1S/C26H33N7O4S2/c1-3-37-24-16-27-14-22(30-24)23-15-29-26(38-23)25(34)31-21(13-18-6-4-5-11-33(18)2)20-12-17(9-10-28-20)32-39(35,36)19-7-8-19/h9-10,12,14-16,18-19,21H,3-8,11,13H2,1-2H3,(H,28,32)(H,31,34)/t18-,21-/m0/s1. The summed E-state index contributed by atoms with van der Waals surface area (Å²) in [6, 6.07) is 3.19. The van der Waals surface area contributed by atoms with E-state index < -0.39 is 16.1 Å². The Balaban J connectivity index is 1.36. The first-order valence-corrected chi connectivity index (χ1v) is 15.6. The van der Waals surface area contributed by atoms with Gasteiger partial charge in [0.15, 0.2) is 5.01 Å². The molecule has 2 fully saturated rings. The van der Waals surface area contributed by atoms with Crippen LogP contribution >= 0.6 is 11.3 Å². The van der Waals surface area contributed by atoms with Gasteiger partial charge in [-0.2, -0.15) is 0 Å². The van der Waals surface area contributed by atoms with Crippen LogP contribution in [0, 0.1) is 0 Å². The van der Waals surface area contributed by atoms with Crippen molar-refractivity contribution in [2.45, 2.75) is 62.8 Å². The molecule has 13 heteroatoms. The van der Waals surface area contributed by atoms with Crippen LogP contribution in [0.1, 0.15) is 67.0 Å². The van der Waals surface area contributed by atoms with Crippen molar-refractivity contribution in [3.8, 4) is 16.5 Å². The molecule has 4 heterocycles. The number of amides is 1. The fraction of sp³-hybridized carbons (Fsp3) is 0.500. The first-order chi connectivity index (χ1) is 18.8. The average molecular weight is 572 g/mol. The lowest BCUT2D eigenvalue weighted by molar-refractivity contribution is 0.0915. The molecule has 5 rings (SSSR count). The monoisotopic (exact) mass is 571 g/mol. The van der Waals surface area contributed by atoms with E-state index in [9.17, 15) is 13.2 Å². The van der Waals surface area contributed by atoms with Gasteiger partial charge in [0.25, 0.3) is 5.91 Å². The Labute approximate surface area is 232 Å². The number of hydrogen-bond acceptors (Lipinski definition) is 10. The van der Waals surface area contributed by atoms with Crippen LogP contribution in [0.3, 0.4) is 0 Å². The number of sulfonamides is 1. The Hall–Kier alpha value is -3.16. The normalized spacial score (nSPS) is 18.9. The third-order valence-corrected chi connectivity index (χ3v) is 9.84. The zero-order valence-electron chi connectivity index (χ0n) is 22.0. The van der Waals surface area contributed by atoms with Crippen molar-refractivity contribution in [2.75, 3.05) is 24.9 Å². The molecule has 39 heavy (non-hydrogen) atoms. The van der Waals surface area contributed by atoms with E-state index >= 15 is 0 Å². The van der Waals surface area contributed by atoms with E-state index in [2.05, 4.69) is 41.9 Å². The summed E-state index contributed by atoms with van der Waals surface area (Å²) in [5.41, 5.74) is 1.63. The molecule has 3 aromatic rings. The molecule has 0 unspecified atom stereocenters. The van der Waals surface area contributed by atoms with Gasteiger partial charge >= 0.3 is 0 Å². The molecule has 0 aromatic carbocycles. The van der Waals surface area contributed by atoms with Crippen molar-refractivity contribution in [1.82, 2.24) is 30.2 Å². The molecule has 2 atom stereocenters. The van der Waals surface area contributed by atoms with Gasteiger partial charge in [0.05, 0.1) is 46.6 Å². The highest BCUT2D eigenvalue weighted by atomic mass is 32.2. The minimum Gasteiger partial charge on any atom is -0.477 e. The minimum atomic E-state index is -3.42. The number of carbonyl (C=O) groups is 1. The van der Waals surface area contributed by atoms with Crippen LogP contribution in [0.2, 0.25) is 0 Å². The summed E-state index contributed by atoms with van der Waals surface area (Å²) in [6.45, 7) is 3.35. The highest BCUT2D eigenvalue weighted by Gasteiger charge is 2.36. The number of likely N-dealkylation sites (tertiary alicyclic amines) is 1. The number of aromatic nitrogens is 4. The highest BCUT2D eigenvalue weighted by molar-refractivity contribution is 7.93. The summed E-state index contributed by atoms with van der Waals surface area (Å²) in [5.74, 6) is 0.0868. The Morgan fingerprint density at radius 2 is 2.05 bits per heavy atom. The van der Waals surface area contributed by atoms with Crippen molar-refractivity contribution >= 4 is 33.0 Å². The largest absolute Gasteiger partial charge is 0.477 e. The molecular formula is C26H33N7O4S2. The molecule has 1 saturated heterocycles. The number of thiazole rings is 1. The molecular weight excluding hydrogens is 538 g/mol. The molecule has 11 nitrogen and oxygen atoms in total. The maximum atomic E-state index is 13.4. The predicted molar refractivity (Wildman–Crippen MR) is 149 cm³/mol. The first-order valence-electron chi connectivity index (χ1n) is 13.2. The lowest BCUT2D eigenvalue weighted by Crippen LogP contribution is -2.40. The van der Waals surface area contributed by atoms with Crippen LogP contribution in [-0.4, -0.2) is 70.7 Å². The maximum absolute atomic E-state index is 13.4. The second-order valence-corrected chi connectivity index (χ2v) is 12.9. The number of anilines is 1. The quantitative estimate of drug-likeness (QED) is 0.353. The number of hydrogen-bond donors (Lipinski definition) is 2. The van der Waals surface area contributed by atoms with Crippen LogP contribution < -0.4 is 14.8 Å². The minimum absolute atomic E-state index is 0.265. The summed E-state index contributed by atoms with van der Waals surface area (Å²) in [7, 11) is -1.32. The topological polar surface area (TPSA) is 139 Å². The first kappa shape index (κ1) is 27.4. The molecule has 2 N–H and O–H groups in total. The van der Waals surface area contributed by atoms with Gasteiger partial charge < -0.3 is 15.0 Å². The third-order valence-electron chi connectivity index (χ3n) is 6.95. The molecule has 1 amide bonds. The predicted octanol–water partition coefficient (Wildman–Crippen LogP) is 3.64.